The van der Waals surface area contributed by atoms with E-state index in [1.165, 1.54) is 6.33 Å². The molecular formula is C26H30F2N6O2. The number of H-pyrrole nitrogens is 1. The van der Waals surface area contributed by atoms with Crippen molar-refractivity contribution in [3.63, 3.8) is 0 Å². The molecule has 4 heterocycles. The van der Waals surface area contributed by atoms with E-state index in [0.717, 1.165) is 53.4 Å². The Hall–Kier alpha value is -3.27. The molecule has 6 rings (SSSR count). The van der Waals surface area contributed by atoms with Crippen molar-refractivity contribution in [1.82, 2.24) is 29.0 Å². The summed E-state index contributed by atoms with van der Waals surface area (Å²) >= 11 is 0. The molecule has 4 aromatic rings. The van der Waals surface area contributed by atoms with Crippen LogP contribution in [-0.4, -0.2) is 61.2 Å². The molecule has 0 radical (unpaired) electrons. The Labute approximate surface area is 206 Å². The molecule has 0 unspecified atom stereocenters. The third-order valence-electron chi connectivity index (χ3n) is 7.80. The van der Waals surface area contributed by atoms with Gasteiger partial charge in [0, 0.05) is 23.8 Å². The van der Waals surface area contributed by atoms with Gasteiger partial charge < -0.3 is 9.72 Å². The van der Waals surface area contributed by atoms with Crippen LogP contribution in [0.4, 0.5) is 8.78 Å². The van der Waals surface area contributed by atoms with Crippen LogP contribution in [-0.2, 0) is 0 Å². The van der Waals surface area contributed by atoms with Gasteiger partial charge in [-0.3, -0.25) is 9.47 Å². The number of pyridine rings is 1. The van der Waals surface area contributed by atoms with E-state index in [1.54, 1.807) is 11.6 Å². The summed E-state index contributed by atoms with van der Waals surface area (Å²) in [5.41, 5.74) is 5.24. The quantitative estimate of drug-likeness (QED) is 0.437. The highest BCUT2D eigenvalue weighted by molar-refractivity contribution is 5.85. The van der Waals surface area contributed by atoms with Gasteiger partial charge in [-0.2, -0.15) is 5.10 Å². The minimum atomic E-state index is -2.54. The Bertz CT molecular complexity index is 1490. The van der Waals surface area contributed by atoms with Gasteiger partial charge in [0.05, 0.1) is 31.2 Å². The van der Waals surface area contributed by atoms with Gasteiger partial charge >= 0.3 is 5.69 Å². The molecule has 1 aliphatic heterocycles. The van der Waals surface area contributed by atoms with Crippen LogP contribution in [0.15, 0.2) is 35.5 Å². The molecule has 10 heteroatoms. The molecule has 0 atom stereocenters. The van der Waals surface area contributed by atoms with Gasteiger partial charge in [-0.15, -0.1) is 0 Å². The van der Waals surface area contributed by atoms with E-state index in [2.05, 4.69) is 35.0 Å². The van der Waals surface area contributed by atoms with Gasteiger partial charge in [-0.1, -0.05) is 13.8 Å². The number of hydrogen-bond donors (Lipinski definition) is 1. The van der Waals surface area contributed by atoms with Crippen molar-refractivity contribution >= 4 is 16.7 Å². The first kappa shape index (κ1) is 23.1. The Morgan fingerprint density at radius 1 is 1.11 bits per heavy atom. The summed E-state index contributed by atoms with van der Waals surface area (Å²) in [4.78, 5) is 22.3. The number of imidazole rings is 1. The zero-order valence-corrected chi connectivity index (χ0v) is 20.7. The number of nitrogens with zero attached hydrogens (tertiary/aromatic N) is 5. The van der Waals surface area contributed by atoms with Crippen LogP contribution in [0.5, 0.6) is 5.75 Å². The fourth-order valence-electron chi connectivity index (χ4n) is 5.96. The Kier molecular flexibility index (Phi) is 5.40. The largest absolute Gasteiger partial charge is 0.493 e. The van der Waals surface area contributed by atoms with Gasteiger partial charge in [-0.05, 0) is 60.9 Å². The smallest absolute Gasteiger partial charge is 0.326 e. The van der Waals surface area contributed by atoms with Crippen LogP contribution < -0.4 is 10.4 Å². The summed E-state index contributed by atoms with van der Waals surface area (Å²) in [5, 5.41) is 4.29. The molecule has 0 bridgehead atoms. The zero-order valence-electron chi connectivity index (χ0n) is 20.7. The Morgan fingerprint density at radius 2 is 1.83 bits per heavy atom. The fourth-order valence-corrected chi connectivity index (χ4v) is 5.96. The minimum absolute atomic E-state index is 0.0572. The van der Waals surface area contributed by atoms with Crippen molar-refractivity contribution in [3.05, 3.63) is 46.8 Å². The van der Waals surface area contributed by atoms with E-state index >= 15 is 0 Å². The van der Waals surface area contributed by atoms with Gasteiger partial charge in [0.25, 0.3) is 5.92 Å². The van der Waals surface area contributed by atoms with E-state index in [0.29, 0.717) is 11.4 Å². The first-order valence-electron chi connectivity index (χ1n) is 12.5. The average molecular weight is 497 g/mol. The van der Waals surface area contributed by atoms with Gasteiger partial charge in [0.2, 0.25) is 0 Å². The molecule has 1 saturated carbocycles. The highest BCUT2D eigenvalue weighted by Crippen LogP contribution is 2.39. The van der Waals surface area contributed by atoms with Crippen LogP contribution in [0.2, 0.25) is 0 Å². The highest BCUT2D eigenvalue weighted by atomic mass is 19.3. The number of benzene rings is 1. The molecule has 1 aromatic carbocycles. The summed E-state index contributed by atoms with van der Waals surface area (Å²) in [6, 6.07) is 6.34. The van der Waals surface area contributed by atoms with E-state index in [-0.39, 0.29) is 36.8 Å². The van der Waals surface area contributed by atoms with Crippen molar-refractivity contribution < 1.29 is 13.5 Å². The van der Waals surface area contributed by atoms with Gasteiger partial charge in [0.15, 0.2) is 11.4 Å². The molecule has 1 aliphatic carbocycles. The number of aromatic nitrogens is 5. The Morgan fingerprint density at radius 3 is 2.50 bits per heavy atom. The van der Waals surface area contributed by atoms with Crippen molar-refractivity contribution in [2.45, 2.75) is 63.5 Å². The number of fused-ring (bicyclic) bond motifs is 2. The SMILES string of the molecule is COc1cc(-c2cc3[nH]c(=O)n(C4CCC(N5CC(F)(F)C5)CC4)c3cc2C(C)C)cn2ncnc12. The second-order valence-corrected chi connectivity index (χ2v) is 10.5. The van der Waals surface area contributed by atoms with Crippen LogP contribution >= 0.6 is 0 Å². The molecule has 190 valence electrons. The lowest BCUT2D eigenvalue weighted by atomic mass is 9.87. The first-order chi connectivity index (χ1) is 17.2. The molecule has 0 spiro atoms. The van der Waals surface area contributed by atoms with E-state index in [1.807, 2.05) is 27.8 Å². The number of rotatable bonds is 5. The van der Waals surface area contributed by atoms with Gasteiger partial charge in [0.1, 0.15) is 6.33 Å². The maximum atomic E-state index is 13.3. The van der Waals surface area contributed by atoms with Crippen LogP contribution in [0, 0.1) is 0 Å². The van der Waals surface area contributed by atoms with Crippen LogP contribution in [0.25, 0.3) is 27.8 Å². The molecule has 8 nitrogen and oxygen atoms in total. The fraction of sp³-hybridized carbons (Fsp3) is 0.500. The number of methoxy groups -OCH3 is 1. The zero-order chi connectivity index (χ0) is 25.2. The number of alkyl halides is 2. The minimum Gasteiger partial charge on any atom is -0.493 e. The Balaban J connectivity index is 1.36. The van der Waals surface area contributed by atoms with E-state index < -0.39 is 5.92 Å². The molecule has 1 saturated heterocycles. The predicted octanol–water partition coefficient (Wildman–Crippen LogP) is 4.61. The summed E-state index contributed by atoms with van der Waals surface area (Å²) in [7, 11) is 1.61. The molecule has 1 N–H and O–H groups in total. The number of nitrogens with one attached hydrogen (secondary N) is 1. The molecule has 36 heavy (non-hydrogen) atoms. The second-order valence-electron chi connectivity index (χ2n) is 10.5. The maximum Gasteiger partial charge on any atom is 0.326 e. The summed E-state index contributed by atoms with van der Waals surface area (Å²) in [6.45, 7) is 4.00. The third kappa shape index (κ3) is 3.78. The van der Waals surface area contributed by atoms with Gasteiger partial charge in [-0.25, -0.2) is 23.1 Å². The second kappa shape index (κ2) is 8.40. The molecule has 2 fully saturated rings. The highest BCUT2D eigenvalue weighted by Gasteiger charge is 2.47. The van der Waals surface area contributed by atoms with Crippen molar-refractivity contribution in [3.8, 4) is 16.9 Å². The average Bonchev–Trinajstić information content (AvgIpc) is 3.44. The number of likely N-dealkylation sites (tertiary alicyclic amines) is 1. The number of hydrogen-bond acceptors (Lipinski definition) is 5. The topological polar surface area (TPSA) is 80.5 Å². The van der Waals surface area contributed by atoms with Crippen LogP contribution in [0.3, 0.4) is 0 Å². The summed E-state index contributed by atoms with van der Waals surface area (Å²) < 4.78 is 35.8. The monoisotopic (exact) mass is 496 g/mol. The van der Waals surface area contributed by atoms with Crippen molar-refractivity contribution in [1.29, 1.82) is 0 Å². The number of aromatic amines is 1. The lowest BCUT2D eigenvalue weighted by Crippen LogP contribution is -2.60. The molecular weight excluding hydrogens is 466 g/mol. The standard InChI is InChI=1S/C26H30F2N6O2/c1-15(2)19-10-22-21(9-20(19)16-8-23(36-3)24-29-14-30-33(24)11-16)31-25(35)34(22)18-6-4-17(5-7-18)32-12-26(27,28)13-32/h8-11,14-15,17-18H,4-7,12-13H2,1-3H3,(H,31,35). The molecule has 3 aromatic heterocycles. The lowest BCUT2D eigenvalue weighted by molar-refractivity contribution is -0.150. The maximum absolute atomic E-state index is 13.3. The lowest BCUT2D eigenvalue weighted by Gasteiger charge is -2.46. The first-order valence-corrected chi connectivity index (χ1v) is 12.5. The third-order valence-corrected chi connectivity index (χ3v) is 7.80. The number of halogens is 2. The predicted molar refractivity (Wildman–Crippen MR) is 133 cm³/mol. The van der Waals surface area contributed by atoms with Crippen molar-refractivity contribution in [2.24, 2.45) is 0 Å². The number of ether oxygens (including phenoxy) is 1. The van der Waals surface area contributed by atoms with Crippen LogP contribution in [0.1, 0.15) is 57.1 Å². The normalized spacial score (nSPS) is 22.4. The van der Waals surface area contributed by atoms with E-state index in [9.17, 15) is 13.6 Å². The molecule has 2 aliphatic rings. The summed E-state index contributed by atoms with van der Waals surface area (Å²) in [5.74, 6) is -1.70. The van der Waals surface area contributed by atoms with E-state index in [4.69, 9.17) is 4.74 Å². The summed E-state index contributed by atoms with van der Waals surface area (Å²) in [6.07, 6.45) is 6.68. The molecule has 0 amide bonds. The van der Waals surface area contributed by atoms with Crippen molar-refractivity contribution in [2.75, 3.05) is 20.2 Å².